The van der Waals surface area contributed by atoms with Crippen LogP contribution in [0.25, 0.3) is 0 Å². The van der Waals surface area contributed by atoms with Crippen molar-refractivity contribution >= 4 is 41.4 Å². The molecule has 6 atom stereocenters. The number of carbonyl (C=O) groups excluding carboxylic acids is 6. The lowest BCUT2D eigenvalue weighted by molar-refractivity contribution is -0.143. The fraction of sp³-hybridized carbons (Fsp3) is 0.606. The average molecular weight is 705 g/mol. The maximum Gasteiger partial charge on any atom is 0.326 e. The minimum atomic E-state index is -1.55. The van der Waals surface area contributed by atoms with Gasteiger partial charge in [0.1, 0.15) is 30.2 Å². The molecule has 1 aliphatic rings. The quantitative estimate of drug-likeness (QED) is 0.0565. The Kier molecular flexibility index (Phi) is 17.8. The molecule has 0 aromatic heterocycles. The molecule has 278 valence electrons. The van der Waals surface area contributed by atoms with E-state index in [1.165, 1.54) is 0 Å². The minimum Gasteiger partial charge on any atom is -0.480 e. The lowest BCUT2D eigenvalue weighted by Crippen LogP contribution is -2.60. The summed E-state index contributed by atoms with van der Waals surface area (Å²) in [7, 11) is 0. The van der Waals surface area contributed by atoms with E-state index < -0.39 is 84.3 Å². The molecule has 0 radical (unpaired) electrons. The maximum atomic E-state index is 13.7. The summed E-state index contributed by atoms with van der Waals surface area (Å²) in [5.74, 6) is -6.28. The summed E-state index contributed by atoms with van der Waals surface area (Å²) in [6.07, 6.45) is 2.11. The van der Waals surface area contributed by atoms with Crippen LogP contribution >= 0.6 is 0 Å². The largest absolute Gasteiger partial charge is 0.480 e. The molecule has 0 bridgehead atoms. The highest BCUT2D eigenvalue weighted by Crippen LogP contribution is 2.10. The van der Waals surface area contributed by atoms with Gasteiger partial charge in [-0.25, -0.2) is 4.79 Å². The summed E-state index contributed by atoms with van der Waals surface area (Å²) >= 11 is 0. The van der Waals surface area contributed by atoms with Gasteiger partial charge < -0.3 is 53.6 Å². The van der Waals surface area contributed by atoms with Gasteiger partial charge in [0.2, 0.25) is 35.4 Å². The van der Waals surface area contributed by atoms with Crippen molar-refractivity contribution in [2.75, 3.05) is 19.7 Å². The van der Waals surface area contributed by atoms with Gasteiger partial charge in [-0.05, 0) is 63.1 Å². The molecule has 1 saturated heterocycles. The summed E-state index contributed by atoms with van der Waals surface area (Å²) in [4.78, 5) is 89.1. The zero-order valence-corrected chi connectivity index (χ0v) is 28.6. The fourth-order valence-electron chi connectivity index (χ4n) is 5.33. The van der Waals surface area contributed by atoms with Gasteiger partial charge in [0.15, 0.2) is 0 Å². The summed E-state index contributed by atoms with van der Waals surface area (Å²) in [6, 6.07) is 2.10. The third kappa shape index (κ3) is 14.1. The molecule has 6 unspecified atom stereocenters. The van der Waals surface area contributed by atoms with Crippen LogP contribution in [0, 0.1) is 5.92 Å². The molecule has 1 aromatic rings. The topological polar surface area (TPSA) is 284 Å². The van der Waals surface area contributed by atoms with E-state index in [0.29, 0.717) is 32.4 Å². The van der Waals surface area contributed by atoms with Gasteiger partial charge in [0.05, 0.1) is 12.6 Å². The molecule has 50 heavy (non-hydrogen) atoms. The first-order valence-electron chi connectivity index (χ1n) is 16.9. The van der Waals surface area contributed by atoms with Crippen LogP contribution in [0.5, 0.6) is 0 Å². The highest BCUT2D eigenvalue weighted by atomic mass is 16.4. The van der Waals surface area contributed by atoms with Crippen LogP contribution < -0.4 is 43.4 Å². The van der Waals surface area contributed by atoms with E-state index in [-0.39, 0.29) is 31.6 Å². The summed E-state index contributed by atoms with van der Waals surface area (Å²) in [5, 5.41) is 35.3. The van der Waals surface area contributed by atoms with Crippen molar-refractivity contribution in [2.24, 2.45) is 17.4 Å². The number of rotatable bonds is 22. The number of nitrogens with two attached hydrogens (primary N) is 2. The number of primary amides is 1. The Morgan fingerprint density at radius 2 is 1.44 bits per heavy atom. The molecule has 17 heteroatoms. The van der Waals surface area contributed by atoms with Gasteiger partial charge in [-0.3, -0.25) is 28.8 Å². The number of carboxylic acid groups (broad SMARTS) is 1. The number of nitrogens with one attached hydrogen (secondary N) is 6. The van der Waals surface area contributed by atoms with Crippen molar-refractivity contribution in [3.05, 3.63) is 35.9 Å². The fourth-order valence-corrected chi connectivity index (χ4v) is 5.33. The number of aliphatic hydroxyl groups excluding tert-OH is 1. The predicted octanol–water partition coefficient (Wildman–Crippen LogP) is -2.47. The molecule has 0 saturated carbocycles. The third-order valence-corrected chi connectivity index (χ3v) is 8.23. The van der Waals surface area contributed by atoms with Gasteiger partial charge in [-0.2, -0.15) is 0 Å². The van der Waals surface area contributed by atoms with Crippen LogP contribution in [0.15, 0.2) is 30.3 Å². The summed E-state index contributed by atoms with van der Waals surface area (Å²) < 4.78 is 0. The minimum absolute atomic E-state index is 0.129. The molecule has 1 fully saturated rings. The number of hydrogen-bond donors (Lipinski definition) is 10. The molecule has 1 heterocycles. The average Bonchev–Trinajstić information content (AvgIpc) is 3.62. The van der Waals surface area contributed by atoms with Gasteiger partial charge in [0.25, 0.3) is 0 Å². The lowest BCUT2D eigenvalue weighted by atomic mass is 10.0. The van der Waals surface area contributed by atoms with E-state index in [4.69, 9.17) is 11.5 Å². The zero-order chi connectivity index (χ0) is 37.2. The predicted molar refractivity (Wildman–Crippen MR) is 182 cm³/mol. The molecule has 1 aliphatic heterocycles. The Morgan fingerprint density at radius 1 is 0.820 bits per heavy atom. The second kappa shape index (κ2) is 21.5. The monoisotopic (exact) mass is 704 g/mol. The van der Waals surface area contributed by atoms with Crippen molar-refractivity contribution in [1.29, 1.82) is 0 Å². The van der Waals surface area contributed by atoms with Crippen LogP contribution in [0.3, 0.4) is 0 Å². The van der Waals surface area contributed by atoms with Crippen molar-refractivity contribution in [3.63, 3.8) is 0 Å². The van der Waals surface area contributed by atoms with Gasteiger partial charge in [-0.1, -0.05) is 44.2 Å². The molecular weight excluding hydrogens is 652 g/mol. The van der Waals surface area contributed by atoms with Crippen molar-refractivity contribution < 1.29 is 43.8 Å². The first kappa shape index (κ1) is 41.6. The normalized spacial score (nSPS) is 17.0. The van der Waals surface area contributed by atoms with Crippen molar-refractivity contribution in [2.45, 2.75) is 101 Å². The Labute approximate surface area is 291 Å². The molecule has 1 aromatic carbocycles. The van der Waals surface area contributed by atoms with Crippen LogP contribution in [0.4, 0.5) is 0 Å². The van der Waals surface area contributed by atoms with Crippen molar-refractivity contribution in [1.82, 2.24) is 31.9 Å². The van der Waals surface area contributed by atoms with Gasteiger partial charge >= 0.3 is 5.97 Å². The molecular formula is C33H52N8O9. The SMILES string of the molecule is CC(C)C(NC(=O)C(CO)NC(=O)C(CCCCN)NC(=O)C(Cc1ccccc1)NC(=O)C1CCCN1)C(=O)NC(CCC(N)=O)C(=O)O. The van der Waals surface area contributed by atoms with Crippen LogP contribution in [-0.4, -0.2) is 108 Å². The number of aliphatic carboxylic acids is 1. The van der Waals surface area contributed by atoms with Gasteiger partial charge in [-0.15, -0.1) is 0 Å². The van der Waals surface area contributed by atoms with E-state index in [9.17, 15) is 43.8 Å². The molecule has 6 amide bonds. The van der Waals surface area contributed by atoms with Crippen LogP contribution in [0.2, 0.25) is 0 Å². The van der Waals surface area contributed by atoms with E-state index in [1.807, 2.05) is 18.2 Å². The highest BCUT2D eigenvalue weighted by Gasteiger charge is 2.34. The maximum absolute atomic E-state index is 13.7. The number of carbonyl (C=O) groups is 7. The van der Waals surface area contributed by atoms with E-state index >= 15 is 0 Å². The van der Waals surface area contributed by atoms with E-state index in [0.717, 1.165) is 12.0 Å². The molecule has 12 N–H and O–H groups in total. The summed E-state index contributed by atoms with van der Waals surface area (Å²) in [5.41, 5.74) is 11.5. The van der Waals surface area contributed by atoms with Crippen molar-refractivity contribution in [3.8, 4) is 0 Å². The number of benzene rings is 1. The third-order valence-electron chi connectivity index (χ3n) is 8.23. The van der Waals surface area contributed by atoms with Crippen LogP contribution in [0.1, 0.15) is 64.4 Å². The smallest absolute Gasteiger partial charge is 0.326 e. The highest BCUT2D eigenvalue weighted by molar-refractivity contribution is 5.96. The Balaban J connectivity index is 2.19. The lowest BCUT2D eigenvalue weighted by Gasteiger charge is -2.27. The molecule has 0 spiro atoms. The first-order valence-corrected chi connectivity index (χ1v) is 16.9. The first-order chi connectivity index (χ1) is 23.8. The number of carboxylic acids is 1. The van der Waals surface area contributed by atoms with E-state index in [1.54, 1.807) is 26.0 Å². The molecule has 0 aliphatic carbocycles. The number of amides is 6. The molecule has 17 nitrogen and oxygen atoms in total. The standard InChI is InChI=1S/C33H52N8O9/c1-19(2)27(32(48)38-23(33(49)50)13-14-26(35)43)41-31(47)25(18-42)40-29(45)22(11-6-7-15-34)37-30(46)24(17-20-9-4-3-5-10-20)39-28(44)21-12-8-16-36-21/h3-5,9-10,19,21-25,27,36,42H,6-8,11-18,34H2,1-2H3,(H2,35,43)(H,37,46)(H,38,48)(H,39,44)(H,40,45)(H,41,47)(H,49,50). The number of unbranched alkanes of at least 4 members (excludes halogenated alkanes) is 1. The Morgan fingerprint density at radius 3 is 2.00 bits per heavy atom. The number of hydrogen-bond acceptors (Lipinski definition) is 10. The Hall–Kier alpha value is -4.61. The van der Waals surface area contributed by atoms with Crippen LogP contribution in [-0.2, 0) is 40.0 Å². The second-order valence-electron chi connectivity index (χ2n) is 12.6. The summed E-state index contributed by atoms with van der Waals surface area (Å²) in [6.45, 7) is 3.32. The van der Waals surface area contributed by atoms with Gasteiger partial charge in [0, 0.05) is 12.8 Å². The second-order valence-corrected chi connectivity index (χ2v) is 12.6. The van der Waals surface area contributed by atoms with E-state index in [2.05, 4.69) is 31.9 Å². The zero-order valence-electron chi connectivity index (χ0n) is 28.6. The number of aliphatic hydroxyl groups is 1. The molecule has 2 rings (SSSR count). The Bertz CT molecular complexity index is 1310.